The van der Waals surface area contributed by atoms with Crippen LogP contribution in [-0.2, 0) is 13.6 Å². The molecule has 0 aliphatic rings. The molecule has 1 rings (SSSR count). The lowest BCUT2D eigenvalue weighted by molar-refractivity contribution is 0.0870. The Kier molecular flexibility index (Phi) is 5.34. The number of rotatable bonds is 6. The zero-order valence-corrected chi connectivity index (χ0v) is 11.0. The van der Waals surface area contributed by atoms with Crippen molar-refractivity contribution in [2.24, 2.45) is 7.05 Å². The lowest BCUT2D eigenvalue weighted by Gasteiger charge is -2.20. The topological polar surface area (TPSA) is 21.1 Å². The molecule has 0 bridgehead atoms. The number of alkyl halides is 3. The maximum atomic E-state index is 12.3. The van der Waals surface area contributed by atoms with Crippen LogP contribution in [0.25, 0.3) is 0 Å². The fourth-order valence-electron chi connectivity index (χ4n) is 1.59. The molecule has 0 N–H and O–H groups in total. The molecule has 0 saturated heterocycles. The Balaban J connectivity index is 2.63. The molecule has 1 heterocycles. The number of nitrogens with zero attached hydrogens (tertiary/aromatic N) is 3. The molecule has 0 unspecified atom stereocenters. The third kappa shape index (κ3) is 4.17. The van der Waals surface area contributed by atoms with E-state index in [9.17, 15) is 8.78 Å². The molecule has 16 heavy (non-hydrogen) atoms. The molecule has 0 atom stereocenters. The lowest BCUT2D eigenvalue weighted by atomic mass is 10.3. The number of halogens is 3. The van der Waals surface area contributed by atoms with Gasteiger partial charge in [-0.05, 0) is 13.0 Å². The first-order valence-electron chi connectivity index (χ1n) is 5.09. The summed E-state index contributed by atoms with van der Waals surface area (Å²) in [5.41, 5.74) is 1.87. The van der Waals surface area contributed by atoms with E-state index >= 15 is 0 Å². The normalized spacial score (nSPS) is 11.7. The van der Waals surface area contributed by atoms with Crippen molar-refractivity contribution in [3.63, 3.8) is 0 Å². The van der Waals surface area contributed by atoms with E-state index in [4.69, 9.17) is 0 Å². The Morgan fingerprint density at radius 1 is 1.56 bits per heavy atom. The van der Waals surface area contributed by atoms with Gasteiger partial charge in [0.25, 0.3) is 6.43 Å². The van der Waals surface area contributed by atoms with Crippen LogP contribution in [0.2, 0.25) is 0 Å². The molecule has 3 nitrogen and oxygen atoms in total. The highest BCUT2D eigenvalue weighted by Crippen LogP contribution is 2.08. The smallest absolute Gasteiger partial charge is 0.251 e. The van der Waals surface area contributed by atoms with Gasteiger partial charge in [-0.2, -0.15) is 5.10 Å². The minimum Gasteiger partial charge on any atom is -0.291 e. The van der Waals surface area contributed by atoms with Gasteiger partial charge in [-0.3, -0.25) is 9.58 Å². The van der Waals surface area contributed by atoms with Crippen LogP contribution in [0.5, 0.6) is 0 Å². The third-order valence-corrected chi connectivity index (χ3v) is 2.64. The summed E-state index contributed by atoms with van der Waals surface area (Å²) in [6, 6.07) is 1.92. The van der Waals surface area contributed by atoms with Crippen molar-refractivity contribution >= 4 is 15.9 Å². The Bertz CT molecular complexity index is 328. The van der Waals surface area contributed by atoms with Crippen molar-refractivity contribution in [2.45, 2.75) is 19.9 Å². The van der Waals surface area contributed by atoms with Crippen molar-refractivity contribution in [3.8, 4) is 0 Å². The molecule has 6 heteroatoms. The minimum atomic E-state index is -2.30. The molecule has 1 aromatic rings. The Labute approximate surface area is 103 Å². The van der Waals surface area contributed by atoms with E-state index in [1.54, 1.807) is 9.58 Å². The molecule has 0 fully saturated rings. The van der Waals surface area contributed by atoms with Gasteiger partial charge >= 0.3 is 0 Å². The first-order chi connectivity index (χ1) is 7.52. The van der Waals surface area contributed by atoms with Crippen LogP contribution in [0.4, 0.5) is 8.78 Å². The van der Waals surface area contributed by atoms with Gasteiger partial charge in [0.15, 0.2) is 0 Å². The number of aryl methyl sites for hydroxylation is 2. The van der Waals surface area contributed by atoms with E-state index in [-0.39, 0.29) is 6.54 Å². The molecule has 92 valence electrons. The summed E-state index contributed by atoms with van der Waals surface area (Å²) in [7, 11) is 1.83. The standard InChI is InChI=1S/C10H16BrF2N3/c1-8-5-9(15(2)14-8)6-16(4-3-11)7-10(12)13/h5,10H,3-4,6-7H2,1-2H3. The van der Waals surface area contributed by atoms with Gasteiger partial charge in [-0.25, -0.2) is 8.78 Å². The molecule has 0 aliphatic carbocycles. The van der Waals surface area contributed by atoms with Crippen LogP contribution in [0, 0.1) is 6.92 Å². The van der Waals surface area contributed by atoms with Crippen molar-refractivity contribution < 1.29 is 8.78 Å². The second kappa shape index (κ2) is 6.30. The summed E-state index contributed by atoms with van der Waals surface area (Å²) in [5.74, 6) is 0. The largest absolute Gasteiger partial charge is 0.291 e. The Hall–Kier alpha value is -0.490. The van der Waals surface area contributed by atoms with Crippen molar-refractivity contribution in [2.75, 3.05) is 18.4 Å². The summed E-state index contributed by atoms with van der Waals surface area (Å²) >= 11 is 3.27. The van der Waals surface area contributed by atoms with Gasteiger partial charge in [-0.15, -0.1) is 0 Å². The third-order valence-electron chi connectivity index (χ3n) is 2.28. The summed E-state index contributed by atoms with van der Waals surface area (Å²) in [5, 5.41) is 4.89. The number of hydrogen-bond donors (Lipinski definition) is 0. The molecule has 0 saturated carbocycles. The molecule has 0 aromatic carbocycles. The molecule has 1 aromatic heterocycles. The summed E-state index contributed by atoms with van der Waals surface area (Å²) in [4.78, 5) is 1.72. The average Bonchev–Trinajstić information content (AvgIpc) is 2.44. The van der Waals surface area contributed by atoms with E-state index in [0.29, 0.717) is 18.4 Å². The van der Waals surface area contributed by atoms with E-state index < -0.39 is 6.43 Å². The predicted molar refractivity (Wildman–Crippen MR) is 63.0 cm³/mol. The Morgan fingerprint density at radius 2 is 2.25 bits per heavy atom. The molecule has 0 radical (unpaired) electrons. The van der Waals surface area contributed by atoms with Crippen LogP contribution in [0.3, 0.4) is 0 Å². The van der Waals surface area contributed by atoms with E-state index in [2.05, 4.69) is 21.0 Å². The van der Waals surface area contributed by atoms with E-state index in [1.165, 1.54) is 0 Å². The number of hydrogen-bond acceptors (Lipinski definition) is 2. The zero-order chi connectivity index (χ0) is 12.1. The molecule has 0 spiro atoms. The molecule has 0 amide bonds. The number of aromatic nitrogens is 2. The van der Waals surface area contributed by atoms with Crippen LogP contribution in [0.15, 0.2) is 6.07 Å². The van der Waals surface area contributed by atoms with Gasteiger partial charge in [0.05, 0.1) is 17.9 Å². The van der Waals surface area contributed by atoms with E-state index in [0.717, 1.165) is 11.4 Å². The summed E-state index contributed by atoms with van der Waals surface area (Å²) in [6.07, 6.45) is -2.30. The van der Waals surface area contributed by atoms with Crippen LogP contribution < -0.4 is 0 Å². The predicted octanol–water partition coefficient (Wildman–Crippen LogP) is 2.19. The van der Waals surface area contributed by atoms with Gasteiger partial charge in [0, 0.05) is 25.5 Å². The van der Waals surface area contributed by atoms with Crippen molar-refractivity contribution in [1.82, 2.24) is 14.7 Å². The van der Waals surface area contributed by atoms with Gasteiger partial charge in [-0.1, -0.05) is 15.9 Å². The van der Waals surface area contributed by atoms with Gasteiger partial charge in [0.2, 0.25) is 0 Å². The fraction of sp³-hybridized carbons (Fsp3) is 0.700. The average molecular weight is 296 g/mol. The van der Waals surface area contributed by atoms with E-state index in [1.807, 2.05) is 20.0 Å². The maximum Gasteiger partial charge on any atom is 0.251 e. The van der Waals surface area contributed by atoms with Crippen LogP contribution in [-0.4, -0.2) is 39.5 Å². The second-order valence-electron chi connectivity index (χ2n) is 3.72. The van der Waals surface area contributed by atoms with Gasteiger partial charge < -0.3 is 0 Å². The molecule has 0 aliphatic heterocycles. The van der Waals surface area contributed by atoms with Crippen molar-refractivity contribution in [3.05, 3.63) is 17.5 Å². The summed E-state index contributed by atoms with van der Waals surface area (Å²) < 4.78 is 26.4. The lowest BCUT2D eigenvalue weighted by Crippen LogP contribution is -2.31. The van der Waals surface area contributed by atoms with Gasteiger partial charge in [0.1, 0.15) is 0 Å². The zero-order valence-electron chi connectivity index (χ0n) is 9.46. The van der Waals surface area contributed by atoms with Crippen LogP contribution >= 0.6 is 15.9 Å². The first-order valence-corrected chi connectivity index (χ1v) is 6.21. The first kappa shape index (κ1) is 13.6. The molecular weight excluding hydrogens is 280 g/mol. The summed E-state index contributed by atoms with van der Waals surface area (Å²) in [6.45, 7) is 2.81. The molecular formula is C10H16BrF2N3. The Morgan fingerprint density at radius 3 is 2.69 bits per heavy atom. The highest BCUT2D eigenvalue weighted by atomic mass is 79.9. The highest BCUT2D eigenvalue weighted by molar-refractivity contribution is 9.09. The maximum absolute atomic E-state index is 12.3. The minimum absolute atomic E-state index is 0.199. The monoisotopic (exact) mass is 295 g/mol. The van der Waals surface area contributed by atoms with Crippen LogP contribution in [0.1, 0.15) is 11.4 Å². The van der Waals surface area contributed by atoms with Crippen molar-refractivity contribution in [1.29, 1.82) is 0 Å². The fourth-order valence-corrected chi connectivity index (χ4v) is 2.09. The second-order valence-corrected chi connectivity index (χ2v) is 4.51. The SMILES string of the molecule is Cc1cc(CN(CCBr)CC(F)F)n(C)n1. The highest BCUT2D eigenvalue weighted by Gasteiger charge is 2.13. The quantitative estimate of drug-likeness (QED) is 0.750.